The molecule has 0 aromatic heterocycles. The van der Waals surface area contributed by atoms with Gasteiger partial charge >= 0.3 is 0 Å². The van der Waals surface area contributed by atoms with Gasteiger partial charge in [0.15, 0.2) is 5.60 Å². The van der Waals surface area contributed by atoms with Crippen molar-refractivity contribution in [2.24, 2.45) is 0 Å². The predicted molar refractivity (Wildman–Crippen MR) is 126 cm³/mol. The van der Waals surface area contributed by atoms with Gasteiger partial charge < -0.3 is 15.3 Å². The maximum atomic E-state index is 12.9. The van der Waals surface area contributed by atoms with Crippen LogP contribution in [-0.4, -0.2) is 33.4 Å². The van der Waals surface area contributed by atoms with Crippen molar-refractivity contribution in [2.45, 2.75) is 57.8 Å². The Balaban J connectivity index is 1.53. The van der Waals surface area contributed by atoms with Crippen LogP contribution in [0.4, 0.5) is 0 Å². The minimum absolute atomic E-state index is 0.00150. The zero-order valence-corrected chi connectivity index (χ0v) is 19.2. The number of rotatable bonds is 5. The van der Waals surface area contributed by atoms with Gasteiger partial charge in [-0.1, -0.05) is 54.6 Å². The molecular weight excluding hydrogens is 400 g/mol. The zero-order chi connectivity index (χ0) is 23.3. The van der Waals surface area contributed by atoms with E-state index in [1.54, 1.807) is 29.2 Å². The van der Waals surface area contributed by atoms with Crippen LogP contribution in [0.5, 0.6) is 0 Å². The summed E-state index contributed by atoms with van der Waals surface area (Å²) < 4.78 is 0. The first kappa shape index (κ1) is 22.0. The zero-order valence-electron chi connectivity index (χ0n) is 19.2. The number of aliphatic hydroxyl groups is 1. The van der Waals surface area contributed by atoms with Crippen LogP contribution in [0.2, 0.25) is 0 Å². The molecule has 4 rings (SSSR count). The summed E-state index contributed by atoms with van der Waals surface area (Å²) in [5, 5.41) is 16.5. The van der Waals surface area contributed by atoms with E-state index >= 15 is 0 Å². The van der Waals surface area contributed by atoms with Crippen LogP contribution < -0.4 is 5.32 Å². The Kier molecular flexibility index (Phi) is 5.33. The highest BCUT2D eigenvalue weighted by atomic mass is 16.3. The maximum absolute atomic E-state index is 12.9. The van der Waals surface area contributed by atoms with Crippen molar-refractivity contribution in [1.82, 2.24) is 10.2 Å². The SMILES string of the molecule is CC(C)N1C(=O)C(O)(c2ccc(C(=O)N[C@@H](C)c3cccc4ccccc34)cc2)C1(C)C. The van der Waals surface area contributed by atoms with Crippen molar-refractivity contribution in [2.75, 3.05) is 0 Å². The molecule has 2 amide bonds. The van der Waals surface area contributed by atoms with Gasteiger partial charge in [0.1, 0.15) is 0 Å². The number of nitrogens with zero attached hydrogens (tertiary/aromatic N) is 1. The van der Waals surface area contributed by atoms with Crippen molar-refractivity contribution in [3.8, 4) is 0 Å². The van der Waals surface area contributed by atoms with Gasteiger partial charge in [-0.2, -0.15) is 0 Å². The molecule has 1 saturated heterocycles. The molecule has 32 heavy (non-hydrogen) atoms. The van der Waals surface area contributed by atoms with E-state index in [1.807, 2.05) is 58.9 Å². The summed E-state index contributed by atoms with van der Waals surface area (Å²) >= 11 is 0. The molecule has 1 fully saturated rings. The summed E-state index contributed by atoms with van der Waals surface area (Å²) in [6, 6.07) is 20.7. The molecule has 5 nitrogen and oxygen atoms in total. The van der Waals surface area contributed by atoms with Crippen LogP contribution in [0.1, 0.15) is 62.1 Å². The van der Waals surface area contributed by atoms with Crippen molar-refractivity contribution < 1.29 is 14.7 Å². The van der Waals surface area contributed by atoms with Crippen LogP contribution in [-0.2, 0) is 10.4 Å². The normalized spacial score (nSPS) is 20.8. The number of fused-ring (bicyclic) bond motifs is 1. The number of β-lactam (4-membered cyclic amide) rings is 1. The van der Waals surface area contributed by atoms with Gasteiger partial charge in [-0.05, 0) is 68.7 Å². The average Bonchev–Trinajstić information content (AvgIpc) is 2.77. The fourth-order valence-electron chi connectivity index (χ4n) is 5.02. The number of hydrogen-bond donors (Lipinski definition) is 2. The third-order valence-electron chi connectivity index (χ3n) is 6.73. The quantitative estimate of drug-likeness (QED) is 0.584. The van der Waals surface area contributed by atoms with E-state index in [1.165, 1.54) is 0 Å². The van der Waals surface area contributed by atoms with Gasteiger partial charge in [-0.15, -0.1) is 0 Å². The molecule has 3 aromatic carbocycles. The second kappa shape index (κ2) is 7.75. The molecule has 5 heteroatoms. The highest BCUT2D eigenvalue weighted by molar-refractivity contribution is 5.97. The molecule has 2 atom stereocenters. The molecule has 0 spiro atoms. The monoisotopic (exact) mass is 430 g/mol. The summed E-state index contributed by atoms with van der Waals surface area (Å²) in [6.07, 6.45) is 0. The van der Waals surface area contributed by atoms with E-state index in [2.05, 4.69) is 23.5 Å². The Labute approximate surface area is 189 Å². The Morgan fingerprint density at radius 2 is 1.56 bits per heavy atom. The van der Waals surface area contributed by atoms with Crippen molar-refractivity contribution >= 4 is 22.6 Å². The molecule has 1 heterocycles. The van der Waals surface area contributed by atoms with Crippen molar-refractivity contribution in [1.29, 1.82) is 0 Å². The molecule has 0 bridgehead atoms. The second-order valence-electron chi connectivity index (χ2n) is 9.38. The molecule has 2 N–H and O–H groups in total. The van der Waals surface area contributed by atoms with Crippen LogP contribution in [0.15, 0.2) is 66.7 Å². The standard InChI is InChI=1S/C27H30N2O3/c1-17(2)29-25(31)27(32,26(29,4)5)21-15-13-20(14-16-21)24(30)28-18(3)22-12-8-10-19-9-6-7-11-23(19)22/h6-18,32H,1-5H3,(H,28,30)/t18-,27?/m0/s1. The molecule has 0 aliphatic carbocycles. The van der Waals surface area contributed by atoms with Crippen LogP contribution in [0.25, 0.3) is 10.8 Å². The molecule has 166 valence electrons. The van der Waals surface area contributed by atoms with Crippen molar-refractivity contribution in [3.05, 3.63) is 83.4 Å². The minimum Gasteiger partial charge on any atom is -0.374 e. The first-order chi connectivity index (χ1) is 15.1. The number of benzene rings is 3. The lowest BCUT2D eigenvalue weighted by Gasteiger charge is -2.61. The van der Waals surface area contributed by atoms with E-state index in [0.717, 1.165) is 16.3 Å². The summed E-state index contributed by atoms with van der Waals surface area (Å²) in [5.74, 6) is -0.508. The molecule has 3 aromatic rings. The number of hydrogen-bond acceptors (Lipinski definition) is 3. The second-order valence-corrected chi connectivity index (χ2v) is 9.38. The van der Waals surface area contributed by atoms with E-state index in [4.69, 9.17) is 0 Å². The van der Waals surface area contributed by atoms with Gasteiger partial charge in [0.25, 0.3) is 11.8 Å². The third kappa shape index (κ3) is 3.19. The van der Waals surface area contributed by atoms with Gasteiger partial charge in [0.2, 0.25) is 0 Å². The summed E-state index contributed by atoms with van der Waals surface area (Å²) in [7, 11) is 0. The van der Waals surface area contributed by atoms with E-state index in [-0.39, 0.29) is 23.9 Å². The Hall–Kier alpha value is -3.18. The van der Waals surface area contributed by atoms with Crippen LogP contribution >= 0.6 is 0 Å². The van der Waals surface area contributed by atoms with Crippen LogP contribution in [0.3, 0.4) is 0 Å². The number of nitrogens with one attached hydrogen (secondary N) is 1. The topological polar surface area (TPSA) is 69.6 Å². The highest BCUT2D eigenvalue weighted by Crippen LogP contribution is 2.49. The van der Waals surface area contributed by atoms with Crippen LogP contribution in [0, 0.1) is 0 Å². The predicted octanol–water partition coefficient (Wildman–Crippen LogP) is 4.55. The Bertz CT molecular complexity index is 1180. The molecule has 1 unspecified atom stereocenters. The molecule has 0 radical (unpaired) electrons. The lowest BCUT2D eigenvalue weighted by Crippen LogP contribution is -2.79. The Morgan fingerprint density at radius 1 is 0.938 bits per heavy atom. The average molecular weight is 431 g/mol. The number of amides is 2. The summed E-state index contributed by atoms with van der Waals surface area (Å²) in [5.41, 5.74) is -0.288. The lowest BCUT2D eigenvalue weighted by molar-refractivity contribution is -0.221. The maximum Gasteiger partial charge on any atom is 0.262 e. The largest absolute Gasteiger partial charge is 0.374 e. The van der Waals surface area contributed by atoms with Gasteiger partial charge in [-0.3, -0.25) is 9.59 Å². The molecular formula is C27H30N2O3. The van der Waals surface area contributed by atoms with E-state index < -0.39 is 11.1 Å². The number of carbonyl (C=O) groups is 2. The van der Waals surface area contributed by atoms with E-state index in [0.29, 0.717) is 11.1 Å². The highest BCUT2D eigenvalue weighted by Gasteiger charge is 2.67. The smallest absolute Gasteiger partial charge is 0.262 e. The van der Waals surface area contributed by atoms with Gasteiger partial charge in [0.05, 0.1) is 11.6 Å². The van der Waals surface area contributed by atoms with Gasteiger partial charge in [0, 0.05) is 11.6 Å². The molecule has 1 aliphatic rings. The summed E-state index contributed by atoms with van der Waals surface area (Å²) in [4.78, 5) is 27.4. The first-order valence-electron chi connectivity index (χ1n) is 11.0. The fourth-order valence-corrected chi connectivity index (χ4v) is 5.02. The first-order valence-corrected chi connectivity index (χ1v) is 11.0. The van der Waals surface area contributed by atoms with Gasteiger partial charge in [-0.25, -0.2) is 0 Å². The fraction of sp³-hybridized carbons (Fsp3) is 0.333. The molecule has 0 saturated carbocycles. The summed E-state index contributed by atoms with van der Waals surface area (Å²) in [6.45, 7) is 9.56. The number of carbonyl (C=O) groups excluding carboxylic acids is 2. The third-order valence-corrected chi connectivity index (χ3v) is 6.73. The lowest BCUT2D eigenvalue weighted by atomic mass is 9.66. The number of likely N-dealkylation sites (tertiary alicyclic amines) is 1. The minimum atomic E-state index is -1.59. The van der Waals surface area contributed by atoms with E-state index in [9.17, 15) is 14.7 Å². The Morgan fingerprint density at radius 3 is 2.19 bits per heavy atom. The molecule has 1 aliphatic heterocycles. The van der Waals surface area contributed by atoms with Crippen molar-refractivity contribution in [3.63, 3.8) is 0 Å².